The predicted octanol–water partition coefficient (Wildman–Crippen LogP) is 1.68. The summed E-state index contributed by atoms with van der Waals surface area (Å²) in [4.78, 5) is 0. The Morgan fingerprint density at radius 2 is 2.14 bits per heavy atom. The lowest BCUT2D eigenvalue weighted by Crippen LogP contribution is -2.14. The van der Waals surface area contributed by atoms with E-state index in [1.807, 2.05) is 0 Å². The van der Waals surface area contributed by atoms with Crippen molar-refractivity contribution < 1.29 is 8.42 Å². The largest absolute Gasteiger partial charge is 0.399 e. The van der Waals surface area contributed by atoms with Crippen molar-refractivity contribution in [2.75, 3.05) is 16.2 Å². The molecule has 6 heteroatoms. The summed E-state index contributed by atoms with van der Waals surface area (Å²) in [6.07, 6.45) is 0. The van der Waals surface area contributed by atoms with Crippen LogP contribution in [-0.4, -0.2) is 14.2 Å². The number of rotatable bonds is 3. The van der Waals surface area contributed by atoms with Gasteiger partial charge in [0.1, 0.15) is 0 Å². The van der Waals surface area contributed by atoms with E-state index in [1.54, 1.807) is 19.1 Å². The number of anilines is 2. The zero-order valence-corrected chi connectivity index (χ0v) is 9.19. The van der Waals surface area contributed by atoms with E-state index in [1.165, 1.54) is 6.07 Å². The molecule has 0 aliphatic rings. The fraction of sp³-hybridized carbons (Fsp3) is 0.250. The molecule has 0 radical (unpaired) electrons. The smallest absolute Gasteiger partial charge is 0.232 e. The molecule has 1 rings (SSSR count). The van der Waals surface area contributed by atoms with Gasteiger partial charge in [-0.25, -0.2) is 8.42 Å². The number of benzene rings is 1. The Bertz CT molecular complexity index is 431. The maximum Gasteiger partial charge on any atom is 0.232 e. The summed E-state index contributed by atoms with van der Waals surface area (Å²) in [5.74, 6) is -0.00186. The van der Waals surface area contributed by atoms with Crippen LogP contribution in [0, 0.1) is 0 Å². The van der Waals surface area contributed by atoms with Crippen molar-refractivity contribution in [3.05, 3.63) is 23.2 Å². The van der Waals surface area contributed by atoms with Crippen molar-refractivity contribution in [1.82, 2.24) is 0 Å². The van der Waals surface area contributed by atoms with E-state index >= 15 is 0 Å². The van der Waals surface area contributed by atoms with Crippen molar-refractivity contribution in [2.45, 2.75) is 6.92 Å². The van der Waals surface area contributed by atoms with Crippen LogP contribution in [0.5, 0.6) is 0 Å². The van der Waals surface area contributed by atoms with Crippen molar-refractivity contribution in [2.24, 2.45) is 0 Å². The second kappa shape index (κ2) is 4.06. The summed E-state index contributed by atoms with van der Waals surface area (Å²) in [5.41, 5.74) is 6.27. The van der Waals surface area contributed by atoms with Gasteiger partial charge in [0.05, 0.1) is 16.5 Å². The number of nitrogens with one attached hydrogen (secondary N) is 1. The molecule has 0 aromatic heterocycles. The minimum atomic E-state index is -3.30. The molecule has 3 N–H and O–H groups in total. The zero-order valence-electron chi connectivity index (χ0n) is 7.62. The summed E-state index contributed by atoms with van der Waals surface area (Å²) < 4.78 is 24.8. The highest BCUT2D eigenvalue weighted by atomic mass is 35.5. The quantitative estimate of drug-likeness (QED) is 0.782. The Morgan fingerprint density at radius 3 is 2.71 bits per heavy atom. The Kier molecular flexibility index (Phi) is 3.23. The summed E-state index contributed by atoms with van der Waals surface area (Å²) in [7, 11) is -3.30. The number of nitrogens with two attached hydrogens (primary N) is 1. The Labute approximate surface area is 88.1 Å². The lowest BCUT2D eigenvalue weighted by atomic mass is 10.3. The number of hydrogen-bond acceptors (Lipinski definition) is 3. The van der Waals surface area contributed by atoms with E-state index in [-0.39, 0.29) is 5.75 Å². The fourth-order valence-electron chi connectivity index (χ4n) is 0.861. The molecule has 0 atom stereocenters. The molecule has 14 heavy (non-hydrogen) atoms. The molecule has 0 aliphatic carbocycles. The molecule has 78 valence electrons. The molecule has 0 fully saturated rings. The van der Waals surface area contributed by atoms with Crippen LogP contribution < -0.4 is 10.5 Å². The first-order valence-electron chi connectivity index (χ1n) is 4.00. The average molecular weight is 235 g/mol. The molecule has 1 aromatic carbocycles. The summed E-state index contributed by atoms with van der Waals surface area (Å²) in [6.45, 7) is 1.54. The van der Waals surface area contributed by atoms with Crippen LogP contribution in [0.15, 0.2) is 18.2 Å². The molecule has 0 aliphatic heterocycles. The molecule has 0 saturated carbocycles. The average Bonchev–Trinajstić information content (AvgIpc) is 2.11. The molecule has 4 nitrogen and oxygen atoms in total. The highest BCUT2D eigenvalue weighted by molar-refractivity contribution is 7.92. The van der Waals surface area contributed by atoms with E-state index in [4.69, 9.17) is 17.3 Å². The summed E-state index contributed by atoms with van der Waals surface area (Å²) in [5, 5.41) is 0.330. The molecule has 0 unspecified atom stereocenters. The van der Waals surface area contributed by atoms with Gasteiger partial charge in [-0.05, 0) is 25.1 Å². The van der Waals surface area contributed by atoms with Crippen LogP contribution in [0.1, 0.15) is 6.92 Å². The number of halogens is 1. The highest BCUT2D eigenvalue weighted by Crippen LogP contribution is 2.24. The van der Waals surface area contributed by atoms with Crippen molar-refractivity contribution in [1.29, 1.82) is 0 Å². The minimum absolute atomic E-state index is 0.00186. The van der Waals surface area contributed by atoms with Crippen LogP contribution in [0.2, 0.25) is 5.02 Å². The van der Waals surface area contributed by atoms with Gasteiger partial charge in [-0.3, -0.25) is 4.72 Å². The van der Waals surface area contributed by atoms with Crippen LogP contribution in [0.25, 0.3) is 0 Å². The molecule has 0 amide bonds. The summed E-state index contributed by atoms with van der Waals surface area (Å²) >= 11 is 5.78. The van der Waals surface area contributed by atoms with Gasteiger partial charge in [-0.1, -0.05) is 11.6 Å². The van der Waals surface area contributed by atoms with Crippen LogP contribution >= 0.6 is 11.6 Å². The van der Waals surface area contributed by atoms with Gasteiger partial charge in [-0.15, -0.1) is 0 Å². The SMILES string of the molecule is CCS(=O)(=O)Nc1cc(N)ccc1Cl. The standard InChI is InChI=1S/C8H11ClN2O2S/c1-2-14(12,13)11-8-5-6(10)3-4-7(8)9/h3-5,11H,2,10H2,1H3. The maximum atomic E-state index is 11.2. The highest BCUT2D eigenvalue weighted by Gasteiger charge is 2.09. The van der Waals surface area contributed by atoms with Gasteiger partial charge in [0.2, 0.25) is 10.0 Å². The molecule has 1 aromatic rings. The molecule has 0 heterocycles. The topological polar surface area (TPSA) is 72.2 Å². The van der Waals surface area contributed by atoms with Crippen LogP contribution in [-0.2, 0) is 10.0 Å². The molecule has 0 bridgehead atoms. The molecular weight excluding hydrogens is 224 g/mol. The number of nitrogen functional groups attached to an aromatic ring is 1. The number of hydrogen-bond donors (Lipinski definition) is 2. The van der Waals surface area contributed by atoms with Crippen molar-refractivity contribution in [3.8, 4) is 0 Å². The van der Waals surface area contributed by atoms with E-state index in [0.717, 1.165) is 0 Å². The first kappa shape index (κ1) is 11.1. The van der Waals surface area contributed by atoms with E-state index in [0.29, 0.717) is 16.4 Å². The van der Waals surface area contributed by atoms with E-state index in [9.17, 15) is 8.42 Å². The third-order valence-corrected chi connectivity index (χ3v) is 3.26. The maximum absolute atomic E-state index is 11.2. The van der Waals surface area contributed by atoms with Gasteiger partial charge < -0.3 is 5.73 Å². The molecular formula is C8H11ClN2O2S. The van der Waals surface area contributed by atoms with Gasteiger partial charge in [0.25, 0.3) is 0 Å². The Hall–Kier alpha value is -0.940. The second-order valence-corrected chi connectivity index (χ2v) is 5.16. The van der Waals surface area contributed by atoms with Crippen molar-refractivity contribution in [3.63, 3.8) is 0 Å². The fourth-order valence-corrected chi connectivity index (χ4v) is 1.73. The second-order valence-electron chi connectivity index (χ2n) is 2.74. The van der Waals surface area contributed by atoms with Gasteiger partial charge in [0, 0.05) is 5.69 Å². The van der Waals surface area contributed by atoms with Crippen molar-refractivity contribution >= 4 is 33.0 Å². The lowest BCUT2D eigenvalue weighted by molar-refractivity contribution is 0.602. The van der Waals surface area contributed by atoms with Gasteiger partial charge in [0.15, 0.2) is 0 Å². The van der Waals surface area contributed by atoms with E-state index < -0.39 is 10.0 Å². The molecule has 0 saturated heterocycles. The van der Waals surface area contributed by atoms with Crippen LogP contribution in [0.4, 0.5) is 11.4 Å². The lowest BCUT2D eigenvalue weighted by Gasteiger charge is -2.08. The first-order chi connectivity index (χ1) is 6.44. The third kappa shape index (κ3) is 2.78. The van der Waals surface area contributed by atoms with Gasteiger partial charge >= 0.3 is 0 Å². The summed E-state index contributed by atoms with van der Waals surface area (Å²) in [6, 6.07) is 4.63. The monoisotopic (exact) mass is 234 g/mol. The Balaban J connectivity index is 3.03. The zero-order chi connectivity index (χ0) is 10.8. The van der Waals surface area contributed by atoms with E-state index in [2.05, 4.69) is 4.72 Å². The first-order valence-corrected chi connectivity index (χ1v) is 6.03. The normalized spacial score (nSPS) is 11.3. The predicted molar refractivity (Wildman–Crippen MR) is 58.9 cm³/mol. The third-order valence-electron chi connectivity index (χ3n) is 1.64. The Morgan fingerprint density at radius 1 is 1.50 bits per heavy atom. The van der Waals surface area contributed by atoms with Crippen LogP contribution in [0.3, 0.4) is 0 Å². The van der Waals surface area contributed by atoms with Gasteiger partial charge in [-0.2, -0.15) is 0 Å². The minimum Gasteiger partial charge on any atom is -0.399 e. The molecule has 0 spiro atoms. The number of sulfonamides is 1.